The minimum Gasteiger partial charge on any atom is -0.504 e. The van der Waals surface area contributed by atoms with Crippen LogP contribution in [0.5, 0.6) is 11.5 Å². The molecule has 0 saturated carbocycles. The molecule has 2 aromatic carbocycles. The lowest BCUT2D eigenvalue weighted by Crippen LogP contribution is -2.46. The van der Waals surface area contributed by atoms with Crippen LogP contribution in [-0.2, 0) is 14.3 Å². The van der Waals surface area contributed by atoms with Crippen LogP contribution >= 0.6 is 0 Å². The number of phenols is 1. The Bertz CT molecular complexity index is 913. The van der Waals surface area contributed by atoms with Crippen LogP contribution in [0, 0.1) is 0 Å². The average Bonchev–Trinajstić information content (AvgIpc) is 2.67. The number of ether oxygens (including phenoxy) is 2. The molecule has 0 aliphatic carbocycles. The Morgan fingerprint density at radius 1 is 1.13 bits per heavy atom. The Morgan fingerprint density at radius 3 is 2.40 bits per heavy atom. The summed E-state index contributed by atoms with van der Waals surface area (Å²) in [7, 11) is 0. The van der Waals surface area contributed by atoms with Crippen molar-refractivity contribution in [3.05, 3.63) is 59.7 Å². The first-order valence-corrected chi connectivity index (χ1v) is 9.86. The molecule has 0 heterocycles. The fraction of sp³-hybridized carbons (Fsp3) is 0.333. The van der Waals surface area contributed by atoms with Crippen molar-refractivity contribution < 1.29 is 24.2 Å². The van der Waals surface area contributed by atoms with Crippen molar-refractivity contribution in [2.75, 3.05) is 6.61 Å². The number of aromatic hydroxyl groups is 1. The van der Waals surface area contributed by atoms with Crippen molar-refractivity contribution in [2.24, 2.45) is 0 Å². The highest BCUT2D eigenvalue weighted by atomic mass is 16.5. The first-order chi connectivity index (χ1) is 14.1. The van der Waals surface area contributed by atoms with Crippen molar-refractivity contribution in [2.45, 2.75) is 46.3 Å². The molecule has 0 spiro atoms. The number of phenolic OH excluding ortho intramolecular Hbond substituents is 1. The van der Waals surface area contributed by atoms with E-state index < -0.39 is 17.6 Å². The van der Waals surface area contributed by atoms with Crippen LogP contribution in [0.25, 0.3) is 11.6 Å². The van der Waals surface area contributed by atoms with Crippen LogP contribution in [0.4, 0.5) is 0 Å². The molecule has 30 heavy (non-hydrogen) atoms. The summed E-state index contributed by atoms with van der Waals surface area (Å²) in [5, 5.41) is 12.7. The molecule has 0 aliphatic rings. The molecule has 2 aromatic rings. The Balaban J connectivity index is 2.35. The molecular weight excluding hydrogens is 382 g/mol. The lowest BCUT2D eigenvalue weighted by atomic mass is 10.0. The lowest BCUT2D eigenvalue weighted by molar-refractivity contribution is -0.149. The van der Waals surface area contributed by atoms with Crippen LogP contribution in [-0.4, -0.2) is 35.2 Å². The number of carbonyl (C=O) groups excluding carboxylic acids is 2. The van der Waals surface area contributed by atoms with Crippen LogP contribution in [0.1, 0.15) is 45.7 Å². The second-order valence-electron chi connectivity index (χ2n) is 7.87. The summed E-state index contributed by atoms with van der Waals surface area (Å²) in [5.74, 6) is -0.648. The third kappa shape index (κ3) is 6.65. The van der Waals surface area contributed by atoms with Crippen molar-refractivity contribution in [3.63, 3.8) is 0 Å². The molecule has 0 unspecified atom stereocenters. The van der Waals surface area contributed by atoms with Crippen molar-refractivity contribution in [3.8, 4) is 11.5 Å². The number of rotatable bonds is 7. The number of benzene rings is 2. The number of hydrogen-bond acceptors (Lipinski definition) is 5. The molecule has 6 heteroatoms. The maximum atomic E-state index is 13.0. The van der Waals surface area contributed by atoms with Crippen LogP contribution in [0.2, 0.25) is 0 Å². The molecule has 0 fully saturated rings. The molecule has 0 aliphatic heterocycles. The maximum Gasteiger partial charge on any atom is 0.339 e. The Labute approximate surface area is 177 Å². The van der Waals surface area contributed by atoms with E-state index in [1.807, 2.05) is 45.9 Å². The molecule has 2 rings (SSSR count). The van der Waals surface area contributed by atoms with Gasteiger partial charge in [-0.1, -0.05) is 36.4 Å². The van der Waals surface area contributed by atoms with E-state index in [2.05, 4.69) is 5.32 Å². The van der Waals surface area contributed by atoms with Gasteiger partial charge in [0.25, 0.3) is 5.91 Å². The first kappa shape index (κ1) is 23.0. The molecule has 1 atom stereocenters. The van der Waals surface area contributed by atoms with Gasteiger partial charge in [0.2, 0.25) is 0 Å². The summed E-state index contributed by atoms with van der Waals surface area (Å²) in [6, 6.07) is 13.9. The van der Waals surface area contributed by atoms with Gasteiger partial charge in [-0.25, -0.2) is 4.79 Å². The minimum atomic E-state index is -0.956. The predicted octanol–water partition coefficient (Wildman–Crippen LogP) is 4.18. The van der Waals surface area contributed by atoms with E-state index in [1.54, 1.807) is 30.3 Å². The van der Waals surface area contributed by atoms with E-state index in [4.69, 9.17) is 9.47 Å². The molecule has 6 nitrogen and oxygen atoms in total. The summed E-state index contributed by atoms with van der Waals surface area (Å²) >= 11 is 0. The zero-order valence-electron chi connectivity index (χ0n) is 18.1. The SMILES string of the molecule is CCOc1cc(/C=C(/C(=O)O[C@H](C)C(=O)NC(C)(C)C)c2ccccc2)ccc1O. The number of hydrogen-bond donors (Lipinski definition) is 2. The highest BCUT2D eigenvalue weighted by Gasteiger charge is 2.24. The van der Waals surface area contributed by atoms with Gasteiger partial charge >= 0.3 is 5.97 Å². The topological polar surface area (TPSA) is 84.9 Å². The van der Waals surface area contributed by atoms with Gasteiger partial charge in [-0.05, 0) is 64.0 Å². The van der Waals surface area contributed by atoms with E-state index >= 15 is 0 Å². The fourth-order valence-corrected chi connectivity index (χ4v) is 2.68. The zero-order valence-corrected chi connectivity index (χ0v) is 18.1. The fourth-order valence-electron chi connectivity index (χ4n) is 2.68. The smallest absolute Gasteiger partial charge is 0.339 e. The monoisotopic (exact) mass is 411 g/mol. The van der Waals surface area contributed by atoms with Gasteiger partial charge in [-0.15, -0.1) is 0 Å². The zero-order chi connectivity index (χ0) is 22.3. The van der Waals surface area contributed by atoms with Gasteiger partial charge < -0.3 is 19.9 Å². The second-order valence-corrected chi connectivity index (χ2v) is 7.87. The lowest BCUT2D eigenvalue weighted by Gasteiger charge is -2.23. The van der Waals surface area contributed by atoms with E-state index in [1.165, 1.54) is 13.0 Å². The number of esters is 1. The van der Waals surface area contributed by atoms with Crippen LogP contribution in [0.3, 0.4) is 0 Å². The van der Waals surface area contributed by atoms with Crippen molar-refractivity contribution >= 4 is 23.5 Å². The van der Waals surface area contributed by atoms with Gasteiger partial charge in [0.05, 0.1) is 12.2 Å². The molecule has 0 saturated heterocycles. The highest BCUT2D eigenvalue weighted by Crippen LogP contribution is 2.29. The summed E-state index contributed by atoms with van der Waals surface area (Å²) in [6.07, 6.45) is 0.691. The van der Waals surface area contributed by atoms with E-state index in [0.717, 1.165) is 0 Å². The van der Waals surface area contributed by atoms with E-state index in [0.29, 0.717) is 29.1 Å². The normalized spacial score (nSPS) is 12.8. The third-order valence-corrected chi connectivity index (χ3v) is 4.05. The molecule has 0 radical (unpaired) electrons. The summed E-state index contributed by atoms with van der Waals surface area (Å²) in [6.45, 7) is 9.32. The number of amides is 1. The minimum absolute atomic E-state index is 0.0188. The van der Waals surface area contributed by atoms with Crippen molar-refractivity contribution in [1.29, 1.82) is 0 Å². The van der Waals surface area contributed by atoms with Crippen molar-refractivity contribution in [1.82, 2.24) is 5.32 Å². The quantitative estimate of drug-likeness (QED) is 0.406. The van der Waals surface area contributed by atoms with Gasteiger partial charge in [-0.2, -0.15) is 0 Å². The Hall–Kier alpha value is -3.28. The van der Waals surface area contributed by atoms with Gasteiger partial charge in [0, 0.05) is 5.54 Å². The van der Waals surface area contributed by atoms with E-state index in [-0.39, 0.29) is 11.7 Å². The van der Waals surface area contributed by atoms with Crippen LogP contribution < -0.4 is 10.1 Å². The highest BCUT2D eigenvalue weighted by molar-refractivity contribution is 6.22. The summed E-state index contributed by atoms with van der Waals surface area (Å²) in [5.41, 5.74) is 1.16. The molecule has 2 N–H and O–H groups in total. The van der Waals surface area contributed by atoms with Gasteiger partial charge in [0.1, 0.15) is 0 Å². The number of nitrogens with one attached hydrogen (secondary N) is 1. The summed E-state index contributed by atoms with van der Waals surface area (Å²) < 4.78 is 10.9. The van der Waals surface area contributed by atoms with Crippen LogP contribution in [0.15, 0.2) is 48.5 Å². The second kappa shape index (κ2) is 9.96. The Morgan fingerprint density at radius 2 is 1.80 bits per heavy atom. The Kier molecular flexibility index (Phi) is 7.64. The summed E-state index contributed by atoms with van der Waals surface area (Å²) in [4.78, 5) is 25.3. The third-order valence-electron chi connectivity index (χ3n) is 4.05. The standard InChI is InChI=1S/C24H29NO5/c1-6-29-21-15-17(12-13-20(21)26)14-19(18-10-8-7-9-11-18)23(28)30-16(2)22(27)25-24(3,4)5/h7-16,26H,6H2,1-5H3,(H,25,27)/b19-14+/t16-/m1/s1. The molecule has 160 valence electrons. The maximum absolute atomic E-state index is 13.0. The molecule has 0 bridgehead atoms. The molecular formula is C24H29NO5. The number of carbonyl (C=O) groups is 2. The van der Waals surface area contributed by atoms with Gasteiger partial charge in [0.15, 0.2) is 17.6 Å². The molecule has 0 aromatic heterocycles. The largest absolute Gasteiger partial charge is 0.504 e. The predicted molar refractivity (Wildman–Crippen MR) is 117 cm³/mol. The molecule has 1 amide bonds. The first-order valence-electron chi connectivity index (χ1n) is 9.86. The van der Waals surface area contributed by atoms with E-state index in [9.17, 15) is 14.7 Å². The average molecular weight is 411 g/mol. The van der Waals surface area contributed by atoms with Gasteiger partial charge in [-0.3, -0.25) is 4.79 Å².